The smallest absolute Gasteiger partial charge is 0.237 e. The van der Waals surface area contributed by atoms with Gasteiger partial charge in [0.25, 0.3) is 0 Å². The molecule has 1 amide bonds. The normalized spacial score (nSPS) is 31.6. The second kappa shape index (κ2) is 2.96. The minimum absolute atomic E-state index is 0.0306. The molecule has 2 N–H and O–H groups in total. The van der Waals surface area contributed by atoms with Gasteiger partial charge in [0.05, 0.1) is 24.8 Å². The first-order valence-electron chi connectivity index (χ1n) is 4.76. The highest BCUT2D eigenvalue weighted by Gasteiger charge is 2.45. The second-order valence-electron chi connectivity index (χ2n) is 4.36. The van der Waals surface area contributed by atoms with E-state index in [0.29, 0.717) is 12.5 Å². The fourth-order valence-corrected chi connectivity index (χ4v) is 1.82. The average molecular weight is 184 g/mol. The Morgan fingerprint density at radius 3 is 2.69 bits per heavy atom. The summed E-state index contributed by atoms with van der Waals surface area (Å²) in [6, 6.07) is -0.0577. The number of hydrogen-bond acceptors (Lipinski definition) is 3. The number of carbonyl (C=O) groups excluding carboxylic acids is 1. The fourth-order valence-electron chi connectivity index (χ4n) is 1.82. The van der Waals surface area contributed by atoms with Gasteiger partial charge in [-0.05, 0) is 5.92 Å². The Labute approximate surface area is 78.0 Å². The van der Waals surface area contributed by atoms with Crippen molar-refractivity contribution in [3.8, 4) is 0 Å². The number of rotatable bonds is 1. The summed E-state index contributed by atoms with van der Waals surface area (Å²) in [6.07, 6.45) is 0. The summed E-state index contributed by atoms with van der Waals surface area (Å²) in [5, 5.41) is 6.30. The number of piperazine rings is 1. The van der Waals surface area contributed by atoms with Gasteiger partial charge in [0, 0.05) is 6.54 Å². The van der Waals surface area contributed by atoms with E-state index in [-0.39, 0.29) is 17.5 Å². The Balaban J connectivity index is 2.05. The summed E-state index contributed by atoms with van der Waals surface area (Å²) in [5.74, 6) is 0.449. The zero-order valence-electron chi connectivity index (χ0n) is 8.09. The summed E-state index contributed by atoms with van der Waals surface area (Å²) in [7, 11) is 0. The molecule has 13 heavy (non-hydrogen) atoms. The van der Waals surface area contributed by atoms with Gasteiger partial charge in [0.15, 0.2) is 0 Å². The molecule has 4 heteroatoms. The van der Waals surface area contributed by atoms with Crippen LogP contribution in [0.4, 0.5) is 0 Å². The fraction of sp³-hybridized carbons (Fsp3) is 0.889. The van der Waals surface area contributed by atoms with Crippen LogP contribution in [0, 0.1) is 5.92 Å². The monoisotopic (exact) mass is 184 g/mol. The number of amides is 1. The van der Waals surface area contributed by atoms with Crippen LogP contribution in [-0.4, -0.2) is 37.2 Å². The summed E-state index contributed by atoms with van der Waals surface area (Å²) in [4.78, 5) is 11.4. The molecule has 0 aromatic rings. The SMILES string of the molecule is CC(C)C1NC2(CNC1=O)COC2. The van der Waals surface area contributed by atoms with Crippen molar-refractivity contribution in [2.75, 3.05) is 19.8 Å². The summed E-state index contributed by atoms with van der Waals surface area (Å²) in [6.45, 7) is 6.24. The molecule has 2 fully saturated rings. The predicted octanol–water partition coefficient (Wildman–Crippen LogP) is -0.501. The Morgan fingerprint density at radius 2 is 2.23 bits per heavy atom. The van der Waals surface area contributed by atoms with Crippen molar-refractivity contribution >= 4 is 5.91 Å². The number of ether oxygens (including phenoxy) is 1. The third-order valence-electron chi connectivity index (χ3n) is 2.77. The van der Waals surface area contributed by atoms with Gasteiger partial charge in [-0.25, -0.2) is 0 Å². The molecule has 0 radical (unpaired) electrons. The molecular weight excluding hydrogens is 168 g/mol. The zero-order chi connectivity index (χ0) is 9.47. The van der Waals surface area contributed by atoms with Gasteiger partial charge in [-0.1, -0.05) is 13.8 Å². The molecule has 2 saturated heterocycles. The molecule has 2 heterocycles. The lowest BCUT2D eigenvalue weighted by molar-refractivity contribution is -0.138. The first-order valence-corrected chi connectivity index (χ1v) is 4.76. The molecular formula is C9H16N2O2. The van der Waals surface area contributed by atoms with E-state index < -0.39 is 0 Å². The van der Waals surface area contributed by atoms with Gasteiger partial charge >= 0.3 is 0 Å². The van der Waals surface area contributed by atoms with E-state index >= 15 is 0 Å². The van der Waals surface area contributed by atoms with Crippen molar-refractivity contribution in [1.82, 2.24) is 10.6 Å². The second-order valence-corrected chi connectivity index (χ2v) is 4.36. The van der Waals surface area contributed by atoms with E-state index in [1.54, 1.807) is 0 Å². The lowest BCUT2D eigenvalue weighted by Gasteiger charge is -2.48. The molecule has 1 atom stereocenters. The molecule has 2 aliphatic rings. The molecule has 0 aromatic heterocycles. The van der Waals surface area contributed by atoms with Crippen molar-refractivity contribution in [1.29, 1.82) is 0 Å². The van der Waals surface area contributed by atoms with Gasteiger partial charge in [-0.2, -0.15) is 0 Å². The maximum atomic E-state index is 11.4. The van der Waals surface area contributed by atoms with Crippen LogP contribution in [-0.2, 0) is 9.53 Å². The van der Waals surface area contributed by atoms with Gasteiger partial charge in [0.2, 0.25) is 5.91 Å². The van der Waals surface area contributed by atoms with E-state index in [4.69, 9.17) is 4.74 Å². The number of nitrogens with one attached hydrogen (secondary N) is 2. The summed E-state index contributed by atoms with van der Waals surface area (Å²) < 4.78 is 5.17. The maximum absolute atomic E-state index is 11.4. The highest BCUT2D eigenvalue weighted by Crippen LogP contribution is 2.21. The molecule has 4 nitrogen and oxygen atoms in total. The largest absolute Gasteiger partial charge is 0.377 e. The van der Waals surface area contributed by atoms with Crippen LogP contribution in [0.5, 0.6) is 0 Å². The lowest BCUT2D eigenvalue weighted by Crippen LogP contribution is -2.75. The third-order valence-corrected chi connectivity index (χ3v) is 2.77. The predicted molar refractivity (Wildman–Crippen MR) is 48.3 cm³/mol. The minimum atomic E-state index is -0.0577. The maximum Gasteiger partial charge on any atom is 0.237 e. The third kappa shape index (κ3) is 1.44. The van der Waals surface area contributed by atoms with Crippen LogP contribution >= 0.6 is 0 Å². The molecule has 2 aliphatic heterocycles. The molecule has 1 spiro atoms. The summed E-state index contributed by atoms with van der Waals surface area (Å²) in [5.41, 5.74) is 0.0306. The number of hydrogen-bond donors (Lipinski definition) is 2. The van der Waals surface area contributed by atoms with Crippen molar-refractivity contribution in [2.45, 2.75) is 25.4 Å². The zero-order valence-corrected chi connectivity index (χ0v) is 8.09. The molecule has 0 aromatic carbocycles. The molecule has 0 bridgehead atoms. The van der Waals surface area contributed by atoms with E-state index in [1.165, 1.54) is 0 Å². The molecule has 2 rings (SSSR count). The Kier molecular flexibility index (Phi) is 2.04. The summed E-state index contributed by atoms with van der Waals surface area (Å²) >= 11 is 0. The van der Waals surface area contributed by atoms with Gasteiger partial charge in [0.1, 0.15) is 0 Å². The lowest BCUT2D eigenvalue weighted by atomic mass is 9.89. The molecule has 0 aliphatic carbocycles. The van der Waals surface area contributed by atoms with Crippen molar-refractivity contribution < 1.29 is 9.53 Å². The Hall–Kier alpha value is -0.610. The minimum Gasteiger partial charge on any atom is -0.377 e. The van der Waals surface area contributed by atoms with Crippen LogP contribution < -0.4 is 10.6 Å². The average Bonchev–Trinajstić information content (AvgIpc) is 2.02. The van der Waals surface area contributed by atoms with E-state index in [1.807, 2.05) is 0 Å². The van der Waals surface area contributed by atoms with E-state index in [9.17, 15) is 4.79 Å². The van der Waals surface area contributed by atoms with Crippen molar-refractivity contribution in [2.24, 2.45) is 5.92 Å². The first-order chi connectivity index (χ1) is 6.13. The number of carbonyl (C=O) groups is 1. The highest BCUT2D eigenvalue weighted by atomic mass is 16.5. The van der Waals surface area contributed by atoms with Gasteiger partial charge in [-0.15, -0.1) is 0 Å². The van der Waals surface area contributed by atoms with Crippen LogP contribution in [0.1, 0.15) is 13.8 Å². The van der Waals surface area contributed by atoms with Crippen LogP contribution in [0.2, 0.25) is 0 Å². The van der Waals surface area contributed by atoms with Crippen molar-refractivity contribution in [3.05, 3.63) is 0 Å². The van der Waals surface area contributed by atoms with Crippen molar-refractivity contribution in [3.63, 3.8) is 0 Å². The first kappa shape index (κ1) is 8.97. The van der Waals surface area contributed by atoms with Crippen LogP contribution in [0.25, 0.3) is 0 Å². The van der Waals surface area contributed by atoms with E-state index in [2.05, 4.69) is 24.5 Å². The molecule has 0 saturated carbocycles. The van der Waals surface area contributed by atoms with Gasteiger partial charge < -0.3 is 10.1 Å². The highest BCUT2D eigenvalue weighted by molar-refractivity contribution is 5.83. The van der Waals surface area contributed by atoms with Gasteiger partial charge in [-0.3, -0.25) is 10.1 Å². The van der Waals surface area contributed by atoms with Crippen LogP contribution in [0.3, 0.4) is 0 Å². The standard InChI is InChI=1S/C9H16N2O2/c1-6(2)7-8(12)10-3-9(11-7)4-13-5-9/h6-7,11H,3-5H2,1-2H3,(H,10,12). The quantitative estimate of drug-likeness (QED) is 0.577. The van der Waals surface area contributed by atoms with E-state index in [0.717, 1.165) is 13.2 Å². The molecule has 74 valence electrons. The molecule has 1 unspecified atom stereocenters. The Morgan fingerprint density at radius 1 is 1.54 bits per heavy atom. The Bertz CT molecular complexity index is 224. The van der Waals surface area contributed by atoms with Crippen LogP contribution in [0.15, 0.2) is 0 Å². The topological polar surface area (TPSA) is 50.4 Å².